The maximum absolute atomic E-state index is 12.0. The van der Waals surface area contributed by atoms with Crippen LogP contribution in [0.4, 0.5) is 5.95 Å². The summed E-state index contributed by atoms with van der Waals surface area (Å²) >= 11 is 0. The molecule has 0 atom stereocenters. The molecule has 3 aromatic rings. The molecule has 21 heavy (non-hydrogen) atoms. The SMILES string of the molecule is O=C(Nc1ncn(Cc2ccccc2)n1)c1ccccc1. The van der Waals surface area contributed by atoms with Gasteiger partial charge in [-0.2, -0.15) is 0 Å². The van der Waals surface area contributed by atoms with Gasteiger partial charge in [-0.1, -0.05) is 48.5 Å². The monoisotopic (exact) mass is 278 g/mol. The van der Waals surface area contributed by atoms with E-state index >= 15 is 0 Å². The zero-order valence-electron chi connectivity index (χ0n) is 11.3. The summed E-state index contributed by atoms with van der Waals surface area (Å²) in [5.74, 6) is 0.0906. The Morgan fingerprint density at radius 3 is 2.38 bits per heavy atom. The first-order valence-corrected chi connectivity index (χ1v) is 6.61. The normalized spacial score (nSPS) is 10.3. The van der Waals surface area contributed by atoms with Gasteiger partial charge in [-0.15, -0.1) is 5.10 Å². The Labute approximate surface area is 122 Å². The average molecular weight is 278 g/mol. The highest BCUT2D eigenvalue weighted by Gasteiger charge is 2.08. The lowest BCUT2D eigenvalue weighted by atomic mass is 10.2. The summed E-state index contributed by atoms with van der Waals surface area (Å²) in [6.45, 7) is 0.620. The van der Waals surface area contributed by atoms with Crippen LogP contribution in [0.15, 0.2) is 67.0 Å². The number of carbonyl (C=O) groups excluding carboxylic acids is 1. The zero-order chi connectivity index (χ0) is 14.5. The third-order valence-corrected chi connectivity index (χ3v) is 2.99. The molecule has 5 nitrogen and oxygen atoms in total. The summed E-state index contributed by atoms with van der Waals surface area (Å²) in [7, 11) is 0. The van der Waals surface area contributed by atoms with E-state index < -0.39 is 0 Å². The molecule has 3 rings (SSSR count). The molecular formula is C16H14N4O. The summed E-state index contributed by atoms with van der Waals surface area (Å²) < 4.78 is 1.69. The van der Waals surface area contributed by atoms with Crippen molar-refractivity contribution in [1.82, 2.24) is 14.8 Å². The number of benzene rings is 2. The minimum atomic E-state index is -0.215. The topological polar surface area (TPSA) is 59.8 Å². The van der Waals surface area contributed by atoms with Gasteiger partial charge in [0.1, 0.15) is 6.33 Å². The largest absolute Gasteiger partial charge is 0.289 e. The van der Waals surface area contributed by atoms with Crippen LogP contribution in [0.25, 0.3) is 0 Å². The highest BCUT2D eigenvalue weighted by molar-refractivity contribution is 6.03. The van der Waals surface area contributed by atoms with Crippen molar-refractivity contribution in [2.75, 3.05) is 5.32 Å². The van der Waals surface area contributed by atoms with E-state index in [0.717, 1.165) is 5.56 Å². The molecular weight excluding hydrogens is 264 g/mol. The molecule has 0 spiro atoms. The third kappa shape index (κ3) is 3.33. The van der Waals surface area contributed by atoms with E-state index in [1.54, 1.807) is 23.1 Å². The van der Waals surface area contributed by atoms with Crippen molar-refractivity contribution in [3.8, 4) is 0 Å². The van der Waals surface area contributed by atoms with Gasteiger partial charge in [-0.05, 0) is 17.7 Å². The van der Waals surface area contributed by atoms with Crippen LogP contribution >= 0.6 is 0 Å². The molecule has 0 bridgehead atoms. The maximum Gasteiger partial charge on any atom is 0.258 e. The fourth-order valence-corrected chi connectivity index (χ4v) is 1.96. The predicted octanol–water partition coefficient (Wildman–Crippen LogP) is 2.58. The van der Waals surface area contributed by atoms with Crippen molar-refractivity contribution in [2.45, 2.75) is 6.54 Å². The van der Waals surface area contributed by atoms with Crippen molar-refractivity contribution in [2.24, 2.45) is 0 Å². The van der Waals surface area contributed by atoms with Crippen LogP contribution in [0.1, 0.15) is 15.9 Å². The second-order valence-corrected chi connectivity index (χ2v) is 4.57. The van der Waals surface area contributed by atoms with Crippen molar-refractivity contribution < 1.29 is 4.79 Å². The summed E-state index contributed by atoms with van der Waals surface area (Å²) in [6.07, 6.45) is 1.60. The molecule has 1 N–H and O–H groups in total. The van der Waals surface area contributed by atoms with Crippen LogP contribution in [0.5, 0.6) is 0 Å². The van der Waals surface area contributed by atoms with Crippen molar-refractivity contribution >= 4 is 11.9 Å². The van der Waals surface area contributed by atoms with Crippen molar-refractivity contribution in [1.29, 1.82) is 0 Å². The molecule has 104 valence electrons. The zero-order valence-corrected chi connectivity index (χ0v) is 11.3. The van der Waals surface area contributed by atoms with E-state index in [1.165, 1.54) is 0 Å². The fraction of sp³-hybridized carbons (Fsp3) is 0.0625. The molecule has 0 fully saturated rings. The number of hydrogen-bond acceptors (Lipinski definition) is 3. The molecule has 1 amide bonds. The standard InChI is InChI=1S/C16H14N4O/c21-15(14-9-5-2-6-10-14)18-16-17-12-20(19-16)11-13-7-3-1-4-8-13/h1-10,12H,11H2,(H,18,19,21). The highest BCUT2D eigenvalue weighted by Crippen LogP contribution is 2.05. The van der Waals surface area contributed by atoms with Crippen LogP contribution in [0, 0.1) is 0 Å². The Kier molecular flexibility index (Phi) is 3.73. The van der Waals surface area contributed by atoms with Gasteiger partial charge in [0.2, 0.25) is 5.95 Å². The Balaban J connectivity index is 1.67. The van der Waals surface area contributed by atoms with E-state index in [9.17, 15) is 4.79 Å². The van der Waals surface area contributed by atoms with Gasteiger partial charge in [0.25, 0.3) is 5.91 Å². The second kappa shape index (κ2) is 6.00. The number of aromatic nitrogens is 3. The van der Waals surface area contributed by atoms with Crippen LogP contribution in [0.2, 0.25) is 0 Å². The lowest BCUT2D eigenvalue weighted by Gasteiger charge is -2.01. The number of rotatable bonds is 4. The van der Waals surface area contributed by atoms with Gasteiger partial charge in [0.05, 0.1) is 6.54 Å². The molecule has 0 aliphatic heterocycles. The van der Waals surface area contributed by atoms with E-state index in [4.69, 9.17) is 0 Å². The molecule has 0 radical (unpaired) electrons. The van der Waals surface area contributed by atoms with Crippen molar-refractivity contribution in [3.63, 3.8) is 0 Å². The van der Waals surface area contributed by atoms with E-state index in [1.807, 2.05) is 48.5 Å². The first kappa shape index (κ1) is 13.1. The van der Waals surface area contributed by atoms with Gasteiger partial charge in [-0.3, -0.25) is 10.1 Å². The number of nitrogens with zero attached hydrogens (tertiary/aromatic N) is 3. The van der Waals surface area contributed by atoms with Gasteiger partial charge in [0, 0.05) is 5.56 Å². The molecule has 5 heteroatoms. The molecule has 0 aliphatic rings. The van der Waals surface area contributed by atoms with E-state index in [-0.39, 0.29) is 5.91 Å². The van der Waals surface area contributed by atoms with Gasteiger partial charge < -0.3 is 0 Å². The first-order chi connectivity index (χ1) is 10.3. The van der Waals surface area contributed by atoms with Crippen LogP contribution in [0.3, 0.4) is 0 Å². The van der Waals surface area contributed by atoms with E-state index in [2.05, 4.69) is 15.4 Å². The number of hydrogen-bond donors (Lipinski definition) is 1. The number of amides is 1. The third-order valence-electron chi connectivity index (χ3n) is 2.99. The smallest absolute Gasteiger partial charge is 0.258 e. The van der Waals surface area contributed by atoms with Crippen LogP contribution < -0.4 is 5.32 Å². The molecule has 0 aliphatic carbocycles. The molecule has 1 heterocycles. The lowest BCUT2D eigenvalue weighted by molar-refractivity contribution is 0.102. The number of carbonyl (C=O) groups is 1. The number of nitrogens with one attached hydrogen (secondary N) is 1. The van der Waals surface area contributed by atoms with Crippen LogP contribution in [-0.2, 0) is 6.54 Å². The van der Waals surface area contributed by atoms with Gasteiger partial charge in [-0.25, -0.2) is 9.67 Å². The highest BCUT2D eigenvalue weighted by atomic mass is 16.1. The molecule has 0 saturated carbocycles. The fourth-order valence-electron chi connectivity index (χ4n) is 1.96. The Morgan fingerprint density at radius 1 is 1.00 bits per heavy atom. The number of anilines is 1. The summed E-state index contributed by atoms with van der Waals surface area (Å²) in [4.78, 5) is 16.1. The van der Waals surface area contributed by atoms with E-state index in [0.29, 0.717) is 18.1 Å². The summed E-state index contributed by atoms with van der Waals surface area (Å²) in [6, 6.07) is 18.9. The first-order valence-electron chi connectivity index (χ1n) is 6.61. The summed E-state index contributed by atoms with van der Waals surface area (Å²) in [5.41, 5.74) is 1.71. The summed E-state index contributed by atoms with van der Waals surface area (Å²) in [5, 5.41) is 6.93. The average Bonchev–Trinajstić information content (AvgIpc) is 2.96. The minimum absolute atomic E-state index is 0.215. The quantitative estimate of drug-likeness (QED) is 0.798. The second-order valence-electron chi connectivity index (χ2n) is 4.57. The van der Waals surface area contributed by atoms with Crippen molar-refractivity contribution in [3.05, 3.63) is 78.1 Å². The molecule has 0 unspecified atom stereocenters. The Hall–Kier alpha value is -2.95. The maximum atomic E-state index is 12.0. The lowest BCUT2D eigenvalue weighted by Crippen LogP contribution is -2.13. The minimum Gasteiger partial charge on any atom is -0.289 e. The molecule has 2 aromatic carbocycles. The molecule has 1 aromatic heterocycles. The Morgan fingerprint density at radius 2 is 1.67 bits per heavy atom. The molecule has 0 saturated heterocycles. The van der Waals surface area contributed by atoms with Gasteiger partial charge in [0.15, 0.2) is 0 Å². The Bertz CT molecular complexity index is 722. The predicted molar refractivity (Wildman–Crippen MR) is 80.0 cm³/mol. The van der Waals surface area contributed by atoms with Crippen LogP contribution in [-0.4, -0.2) is 20.7 Å². The van der Waals surface area contributed by atoms with Gasteiger partial charge >= 0.3 is 0 Å².